The predicted molar refractivity (Wildman–Crippen MR) is 65.2 cm³/mol. The van der Waals surface area contributed by atoms with Gasteiger partial charge in [-0.1, -0.05) is 13.0 Å². The highest BCUT2D eigenvalue weighted by atomic mass is 16.5. The molecule has 0 heterocycles. The third-order valence-corrected chi connectivity index (χ3v) is 2.51. The van der Waals surface area contributed by atoms with E-state index in [4.69, 9.17) is 4.74 Å². The first-order chi connectivity index (χ1) is 8.08. The van der Waals surface area contributed by atoms with Gasteiger partial charge in [-0.15, -0.1) is 0 Å². The zero-order chi connectivity index (χ0) is 12.8. The number of rotatable bonds is 5. The summed E-state index contributed by atoms with van der Waals surface area (Å²) in [6.45, 7) is 3.46. The Morgan fingerprint density at radius 2 is 2.12 bits per heavy atom. The Balaban J connectivity index is 2.72. The fraction of sp³-hybridized carbons (Fsp3) is 0.385. The molecule has 0 radical (unpaired) electrons. The van der Waals surface area contributed by atoms with Crippen molar-refractivity contribution >= 4 is 11.7 Å². The number of Topliss-reactive ketones (excluding diaryl/α,β-unsaturated/α-hetero) is 1. The van der Waals surface area contributed by atoms with Gasteiger partial charge in [-0.25, -0.2) is 0 Å². The van der Waals surface area contributed by atoms with Crippen LogP contribution in [0.25, 0.3) is 0 Å². The first-order valence-corrected chi connectivity index (χ1v) is 5.56. The average molecular weight is 235 g/mol. The van der Waals surface area contributed by atoms with Gasteiger partial charge in [0.15, 0.2) is 5.78 Å². The maximum Gasteiger partial charge on any atom is 0.251 e. The second-order valence-corrected chi connectivity index (χ2v) is 3.75. The van der Waals surface area contributed by atoms with Crippen LogP contribution >= 0.6 is 0 Å². The molecule has 1 amide bonds. The number of hydrogen-bond donors (Lipinski definition) is 1. The lowest BCUT2D eigenvalue weighted by Crippen LogP contribution is -2.38. The second kappa shape index (κ2) is 6.03. The summed E-state index contributed by atoms with van der Waals surface area (Å²) >= 11 is 0. The largest absolute Gasteiger partial charge is 0.497 e. The lowest BCUT2D eigenvalue weighted by Gasteiger charge is -2.12. The molecule has 0 aliphatic heterocycles. The molecule has 0 spiro atoms. The summed E-state index contributed by atoms with van der Waals surface area (Å²) in [4.78, 5) is 23.2. The molecule has 1 aromatic carbocycles. The molecule has 0 fully saturated rings. The second-order valence-electron chi connectivity index (χ2n) is 3.75. The molecule has 1 aromatic rings. The van der Waals surface area contributed by atoms with E-state index >= 15 is 0 Å². The van der Waals surface area contributed by atoms with E-state index in [0.717, 1.165) is 0 Å². The van der Waals surface area contributed by atoms with Gasteiger partial charge in [0, 0.05) is 12.0 Å². The number of ether oxygens (including phenoxy) is 1. The highest BCUT2D eigenvalue weighted by molar-refractivity contribution is 5.98. The molecule has 0 aliphatic rings. The maximum absolute atomic E-state index is 11.8. The maximum atomic E-state index is 11.8. The van der Waals surface area contributed by atoms with Crippen molar-refractivity contribution in [3.05, 3.63) is 29.8 Å². The Hall–Kier alpha value is -1.84. The Morgan fingerprint density at radius 1 is 1.41 bits per heavy atom. The minimum Gasteiger partial charge on any atom is -0.497 e. The van der Waals surface area contributed by atoms with Crippen LogP contribution < -0.4 is 10.1 Å². The van der Waals surface area contributed by atoms with Crippen molar-refractivity contribution in [3.63, 3.8) is 0 Å². The molecule has 0 aliphatic carbocycles. The van der Waals surface area contributed by atoms with Gasteiger partial charge >= 0.3 is 0 Å². The average Bonchev–Trinajstić information content (AvgIpc) is 2.37. The molecule has 1 atom stereocenters. The quantitative estimate of drug-likeness (QED) is 0.846. The van der Waals surface area contributed by atoms with E-state index in [1.165, 1.54) is 0 Å². The van der Waals surface area contributed by atoms with Crippen LogP contribution in [0.5, 0.6) is 5.75 Å². The van der Waals surface area contributed by atoms with Crippen LogP contribution in [0.4, 0.5) is 0 Å². The Morgan fingerprint density at radius 3 is 2.71 bits per heavy atom. The molecular weight excluding hydrogens is 218 g/mol. The Bertz CT molecular complexity index is 415. The van der Waals surface area contributed by atoms with Gasteiger partial charge in [0.1, 0.15) is 5.75 Å². The fourth-order valence-electron chi connectivity index (χ4n) is 1.43. The molecule has 4 heteroatoms. The predicted octanol–water partition coefficient (Wildman–Crippen LogP) is 1.79. The summed E-state index contributed by atoms with van der Waals surface area (Å²) in [5.41, 5.74) is 0.486. The summed E-state index contributed by atoms with van der Waals surface area (Å²) in [7, 11) is 1.54. The van der Waals surface area contributed by atoms with Gasteiger partial charge in [-0.3, -0.25) is 9.59 Å². The topological polar surface area (TPSA) is 55.4 Å². The normalized spacial score (nSPS) is 11.7. The van der Waals surface area contributed by atoms with Gasteiger partial charge in [-0.05, 0) is 25.1 Å². The summed E-state index contributed by atoms with van der Waals surface area (Å²) in [5, 5.41) is 2.65. The van der Waals surface area contributed by atoms with Crippen molar-refractivity contribution in [2.45, 2.75) is 26.3 Å². The summed E-state index contributed by atoms with van der Waals surface area (Å²) in [6, 6.07) is 6.36. The smallest absolute Gasteiger partial charge is 0.251 e. The van der Waals surface area contributed by atoms with E-state index in [9.17, 15) is 9.59 Å². The van der Waals surface area contributed by atoms with Gasteiger partial charge < -0.3 is 10.1 Å². The number of benzene rings is 1. The van der Waals surface area contributed by atoms with E-state index < -0.39 is 6.04 Å². The summed E-state index contributed by atoms with van der Waals surface area (Å²) in [5.74, 6) is 0.367. The molecule has 0 saturated carbocycles. The lowest BCUT2D eigenvalue weighted by atomic mass is 10.1. The van der Waals surface area contributed by atoms with Gasteiger partial charge in [-0.2, -0.15) is 0 Å². The van der Waals surface area contributed by atoms with Crippen LogP contribution in [0.2, 0.25) is 0 Å². The van der Waals surface area contributed by atoms with Crippen molar-refractivity contribution in [2.24, 2.45) is 0 Å². The first kappa shape index (κ1) is 13.2. The zero-order valence-electron chi connectivity index (χ0n) is 10.3. The molecule has 17 heavy (non-hydrogen) atoms. The molecule has 1 rings (SSSR count). The minimum absolute atomic E-state index is 0.0150. The SMILES string of the molecule is CCC(=O)C(C)NC(=O)c1cccc(OC)c1. The van der Waals surface area contributed by atoms with Gasteiger partial charge in [0.2, 0.25) is 0 Å². The van der Waals surface area contributed by atoms with Crippen LogP contribution in [-0.2, 0) is 4.79 Å². The molecular formula is C13H17NO3. The van der Waals surface area contributed by atoms with E-state index in [1.54, 1.807) is 45.2 Å². The van der Waals surface area contributed by atoms with Crippen LogP contribution in [0, 0.1) is 0 Å². The molecule has 0 aromatic heterocycles. The molecule has 0 bridgehead atoms. The molecule has 1 unspecified atom stereocenters. The van der Waals surface area contributed by atoms with Crippen molar-refractivity contribution in [1.82, 2.24) is 5.32 Å². The standard InChI is InChI=1S/C13H17NO3/c1-4-12(15)9(2)14-13(16)10-6-5-7-11(8-10)17-3/h5-9H,4H2,1-3H3,(H,14,16). The van der Waals surface area contributed by atoms with Crippen molar-refractivity contribution < 1.29 is 14.3 Å². The highest BCUT2D eigenvalue weighted by Crippen LogP contribution is 2.12. The summed E-state index contributed by atoms with van der Waals surface area (Å²) in [6.07, 6.45) is 0.416. The van der Waals surface area contributed by atoms with E-state index in [1.807, 2.05) is 0 Å². The van der Waals surface area contributed by atoms with Gasteiger partial charge in [0.05, 0.1) is 13.2 Å². The van der Waals surface area contributed by atoms with E-state index in [0.29, 0.717) is 17.7 Å². The monoisotopic (exact) mass is 235 g/mol. The Labute approximate surface area is 101 Å². The number of hydrogen-bond acceptors (Lipinski definition) is 3. The highest BCUT2D eigenvalue weighted by Gasteiger charge is 2.14. The number of ketones is 1. The number of carbonyl (C=O) groups is 2. The fourth-order valence-corrected chi connectivity index (χ4v) is 1.43. The first-order valence-electron chi connectivity index (χ1n) is 5.56. The van der Waals surface area contributed by atoms with Crippen molar-refractivity contribution in [1.29, 1.82) is 0 Å². The summed E-state index contributed by atoms with van der Waals surface area (Å²) < 4.78 is 5.03. The third kappa shape index (κ3) is 3.59. The Kier molecular flexibility index (Phi) is 4.69. The number of carbonyl (C=O) groups excluding carboxylic acids is 2. The zero-order valence-corrected chi connectivity index (χ0v) is 10.3. The van der Waals surface area contributed by atoms with E-state index in [2.05, 4.69) is 5.32 Å². The van der Waals surface area contributed by atoms with Crippen LogP contribution in [-0.4, -0.2) is 24.8 Å². The number of methoxy groups -OCH3 is 1. The van der Waals surface area contributed by atoms with Crippen molar-refractivity contribution in [3.8, 4) is 5.75 Å². The van der Waals surface area contributed by atoms with Gasteiger partial charge in [0.25, 0.3) is 5.91 Å². The van der Waals surface area contributed by atoms with Crippen LogP contribution in [0.3, 0.4) is 0 Å². The number of nitrogens with one attached hydrogen (secondary N) is 1. The van der Waals surface area contributed by atoms with Crippen LogP contribution in [0.1, 0.15) is 30.6 Å². The van der Waals surface area contributed by atoms with E-state index in [-0.39, 0.29) is 11.7 Å². The lowest BCUT2D eigenvalue weighted by molar-refractivity contribution is -0.120. The number of amides is 1. The molecule has 1 N–H and O–H groups in total. The minimum atomic E-state index is -0.460. The van der Waals surface area contributed by atoms with Crippen LogP contribution in [0.15, 0.2) is 24.3 Å². The molecule has 92 valence electrons. The molecule has 4 nitrogen and oxygen atoms in total. The van der Waals surface area contributed by atoms with Crippen molar-refractivity contribution in [2.75, 3.05) is 7.11 Å². The molecule has 0 saturated heterocycles. The third-order valence-electron chi connectivity index (χ3n) is 2.51.